The van der Waals surface area contributed by atoms with Gasteiger partial charge in [0, 0.05) is 37.9 Å². The number of carbonyl (C=O) groups is 1. The first kappa shape index (κ1) is 16.7. The molecular formula is C20H22N4O2. The van der Waals surface area contributed by atoms with Gasteiger partial charge in [-0.15, -0.1) is 10.2 Å². The summed E-state index contributed by atoms with van der Waals surface area (Å²) in [5.74, 6) is 1.43. The molecule has 134 valence electrons. The molecule has 0 aliphatic carbocycles. The first-order valence-electron chi connectivity index (χ1n) is 8.93. The minimum Gasteiger partial charge on any atom is -0.380 e. The fourth-order valence-corrected chi connectivity index (χ4v) is 3.57. The third-order valence-corrected chi connectivity index (χ3v) is 5.00. The van der Waals surface area contributed by atoms with Crippen LogP contribution in [0.5, 0.6) is 0 Å². The average molecular weight is 350 g/mol. The molecule has 26 heavy (non-hydrogen) atoms. The number of nitrogens with zero attached hydrogens (tertiary/aromatic N) is 4. The zero-order valence-electron chi connectivity index (χ0n) is 14.8. The number of fused-ring (bicyclic) bond motifs is 1. The van der Waals surface area contributed by atoms with Crippen molar-refractivity contribution in [1.29, 1.82) is 0 Å². The maximum absolute atomic E-state index is 12.7. The van der Waals surface area contributed by atoms with Crippen molar-refractivity contribution in [2.45, 2.75) is 25.4 Å². The van der Waals surface area contributed by atoms with Crippen LogP contribution in [0.2, 0.25) is 0 Å². The van der Waals surface area contributed by atoms with Crippen molar-refractivity contribution in [3.05, 3.63) is 65.6 Å². The zero-order chi connectivity index (χ0) is 17.9. The SMILES string of the molecule is COCc1ccc(C(=O)N2CCC(c3nnc4ccccn34)CC2)cc1. The number of carbonyl (C=O) groups excluding carboxylic acids is 1. The van der Waals surface area contributed by atoms with Gasteiger partial charge in [-0.3, -0.25) is 9.20 Å². The highest BCUT2D eigenvalue weighted by Gasteiger charge is 2.27. The van der Waals surface area contributed by atoms with Crippen molar-refractivity contribution in [3.63, 3.8) is 0 Å². The Hall–Kier alpha value is -2.73. The second kappa shape index (κ2) is 7.25. The van der Waals surface area contributed by atoms with E-state index < -0.39 is 0 Å². The molecule has 6 nitrogen and oxygen atoms in total. The van der Waals surface area contributed by atoms with E-state index in [2.05, 4.69) is 14.6 Å². The molecule has 0 unspecified atom stereocenters. The van der Waals surface area contributed by atoms with Crippen LogP contribution in [0.3, 0.4) is 0 Å². The first-order valence-corrected chi connectivity index (χ1v) is 8.93. The molecule has 4 rings (SSSR count). The standard InChI is InChI=1S/C20H22N4O2/c1-26-14-15-5-7-17(8-6-15)20(25)23-12-9-16(10-13-23)19-22-21-18-4-2-3-11-24(18)19/h2-8,11,16H,9-10,12-14H2,1H3. The molecule has 1 amide bonds. The molecule has 1 fully saturated rings. The van der Waals surface area contributed by atoms with Crippen LogP contribution in [0.25, 0.3) is 5.65 Å². The van der Waals surface area contributed by atoms with E-state index >= 15 is 0 Å². The van der Waals surface area contributed by atoms with Crippen molar-refractivity contribution < 1.29 is 9.53 Å². The van der Waals surface area contributed by atoms with Gasteiger partial charge in [-0.25, -0.2) is 0 Å². The number of aromatic nitrogens is 3. The summed E-state index contributed by atoms with van der Waals surface area (Å²) in [6.45, 7) is 2.04. The average Bonchev–Trinajstić information content (AvgIpc) is 3.13. The van der Waals surface area contributed by atoms with E-state index in [9.17, 15) is 4.79 Å². The molecule has 1 aliphatic rings. The Bertz CT molecular complexity index is 896. The summed E-state index contributed by atoms with van der Waals surface area (Å²) in [6.07, 6.45) is 3.82. The van der Waals surface area contributed by atoms with E-state index in [1.54, 1.807) is 7.11 Å². The van der Waals surface area contributed by atoms with Gasteiger partial charge in [0.05, 0.1) is 6.61 Å². The predicted molar refractivity (Wildman–Crippen MR) is 98.0 cm³/mol. The molecule has 3 aromatic rings. The quantitative estimate of drug-likeness (QED) is 0.726. The van der Waals surface area contributed by atoms with E-state index in [4.69, 9.17) is 4.74 Å². The molecule has 0 spiro atoms. The fraction of sp³-hybridized carbons (Fsp3) is 0.350. The molecule has 1 aromatic carbocycles. The molecule has 0 N–H and O–H groups in total. The number of piperidine rings is 1. The number of likely N-dealkylation sites (tertiary alicyclic amines) is 1. The number of ether oxygens (including phenoxy) is 1. The molecular weight excluding hydrogens is 328 g/mol. The van der Waals surface area contributed by atoms with Gasteiger partial charge in [0.15, 0.2) is 5.65 Å². The summed E-state index contributed by atoms with van der Waals surface area (Å²) in [5, 5.41) is 8.61. The molecule has 0 saturated carbocycles. The highest BCUT2D eigenvalue weighted by atomic mass is 16.5. The fourth-order valence-electron chi connectivity index (χ4n) is 3.57. The Morgan fingerprint density at radius 1 is 1.12 bits per heavy atom. The van der Waals surface area contributed by atoms with Gasteiger partial charge in [0.25, 0.3) is 5.91 Å². The normalized spacial score (nSPS) is 15.5. The van der Waals surface area contributed by atoms with E-state index in [1.807, 2.05) is 53.6 Å². The van der Waals surface area contributed by atoms with Gasteiger partial charge in [0.1, 0.15) is 5.82 Å². The summed E-state index contributed by atoms with van der Waals surface area (Å²) in [5.41, 5.74) is 2.68. The van der Waals surface area contributed by atoms with E-state index in [0.717, 1.165) is 48.5 Å². The minimum atomic E-state index is 0.0959. The Kier molecular flexibility index (Phi) is 4.67. The first-order chi connectivity index (χ1) is 12.8. The topological polar surface area (TPSA) is 59.7 Å². The maximum atomic E-state index is 12.7. The van der Waals surface area contributed by atoms with Crippen LogP contribution < -0.4 is 0 Å². The molecule has 2 aromatic heterocycles. The van der Waals surface area contributed by atoms with Crippen LogP contribution >= 0.6 is 0 Å². The van der Waals surface area contributed by atoms with Crippen molar-refractivity contribution in [1.82, 2.24) is 19.5 Å². The van der Waals surface area contributed by atoms with Gasteiger partial charge < -0.3 is 9.64 Å². The lowest BCUT2D eigenvalue weighted by Gasteiger charge is -2.31. The number of benzene rings is 1. The Morgan fingerprint density at radius 3 is 2.62 bits per heavy atom. The Balaban J connectivity index is 1.42. The van der Waals surface area contributed by atoms with Crippen molar-refractivity contribution in [3.8, 4) is 0 Å². The summed E-state index contributed by atoms with van der Waals surface area (Å²) in [4.78, 5) is 14.7. The number of amides is 1. The van der Waals surface area contributed by atoms with E-state index in [0.29, 0.717) is 12.5 Å². The Labute approximate surface area is 152 Å². The maximum Gasteiger partial charge on any atom is 0.253 e. The number of rotatable bonds is 4. The van der Waals surface area contributed by atoms with Crippen LogP contribution in [-0.2, 0) is 11.3 Å². The minimum absolute atomic E-state index is 0.0959. The van der Waals surface area contributed by atoms with Crippen molar-refractivity contribution >= 4 is 11.6 Å². The van der Waals surface area contributed by atoms with Gasteiger partial charge in [-0.2, -0.15) is 0 Å². The van der Waals surface area contributed by atoms with Crippen LogP contribution in [0.15, 0.2) is 48.7 Å². The predicted octanol–water partition coefficient (Wildman–Crippen LogP) is 2.90. The lowest BCUT2D eigenvalue weighted by atomic mass is 9.95. The third-order valence-electron chi connectivity index (χ3n) is 5.00. The summed E-state index contributed by atoms with van der Waals surface area (Å²) in [7, 11) is 1.67. The van der Waals surface area contributed by atoms with Gasteiger partial charge in [-0.05, 0) is 42.7 Å². The summed E-state index contributed by atoms with van der Waals surface area (Å²) in [6, 6.07) is 13.6. The number of methoxy groups -OCH3 is 1. The highest BCUT2D eigenvalue weighted by molar-refractivity contribution is 5.94. The number of hydrogen-bond donors (Lipinski definition) is 0. The number of hydrogen-bond acceptors (Lipinski definition) is 4. The van der Waals surface area contributed by atoms with Crippen molar-refractivity contribution in [2.24, 2.45) is 0 Å². The Morgan fingerprint density at radius 2 is 1.88 bits per heavy atom. The van der Waals surface area contributed by atoms with Crippen LogP contribution in [0.4, 0.5) is 0 Å². The second-order valence-corrected chi connectivity index (χ2v) is 6.68. The van der Waals surface area contributed by atoms with E-state index in [-0.39, 0.29) is 5.91 Å². The van der Waals surface area contributed by atoms with E-state index in [1.165, 1.54) is 0 Å². The third kappa shape index (κ3) is 3.20. The van der Waals surface area contributed by atoms with Crippen LogP contribution in [0.1, 0.15) is 40.5 Å². The summed E-state index contributed by atoms with van der Waals surface area (Å²) >= 11 is 0. The van der Waals surface area contributed by atoms with Gasteiger partial charge in [-0.1, -0.05) is 18.2 Å². The lowest BCUT2D eigenvalue weighted by molar-refractivity contribution is 0.0711. The largest absolute Gasteiger partial charge is 0.380 e. The van der Waals surface area contributed by atoms with Crippen LogP contribution in [0, 0.1) is 0 Å². The smallest absolute Gasteiger partial charge is 0.253 e. The van der Waals surface area contributed by atoms with Crippen molar-refractivity contribution in [2.75, 3.05) is 20.2 Å². The molecule has 6 heteroatoms. The molecule has 0 atom stereocenters. The second-order valence-electron chi connectivity index (χ2n) is 6.68. The van der Waals surface area contributed by atoms with Gasteiger partial charge in [0.2, 0.25) is 0 Å². The molecule has 0 bridgehead atoms. The zero-order valence-corrected chi connectivity index (χ0v) is 14.8. The van der Waals surface area contributed by atoms with Crippen LogP contribution in [-0.4, -0.2) is 45.6 Å². The number of pyridine rings is 1. The molecule has 1 aliphatic heterocycles. The monoisotopic (exact) mass is 350 g/mol. The molecule has 0 radical (unpaired) electrons. The molecule has 1 saturated heterocycles. The molecule has 3 heterocycles. The van der Waals surface area contributed by atoms with Gasteiger partial charge >= 0.3 is 0 Å². The highest BCUT2D eigenvalue weighted by Crippen LogP contribution is 2.27. The lowest BCUT2D eigenvalue weighted by Crippen LogP contribution is -2.38. The summed E-state index contributed by atoms with van der Waals surface area (Å²) < 4.78 is 7.17.